The van der Waals surface area contributed by atoms with Crippen LogP contribution in [0.5, 0.6) is 5.75 Å². The number of hydrogen-bond donors (Lipinski definition) is 3. The number of aromatic nitrogens is 1. The average Bonchev–Trinajstić information content (AvgIpc) is 3.22. The molecule has 1 aromatic carbocycles. The molecule has 0 bridgehead atoms. The van der Waals surface area contributed by atoms with E-state index < -0.39 is 0 Å². The Kier molecular flexibility index (Phi) is 6.91. The molecule has 2 aromatic rings. The Balaban J connectivity index is 1.78. The van der Waals surface area contributed by atoms with Crippen LogP contribution in [0.25, 0.3) is 11.3 Å². The number of aliphatic hydroxyl groups excluding tert-OH is 1. The van der Waals surface area contributed by atoms with E-state index >= 15 is 0 Å². The van der Waals surface area contributed by atoms with Crippen LogP contribution in [0.4, 0.5) is 5.82 Å². The van der Waals surface area contributed by atoms with Crippen molar-refractivity contribution in [3.05, 3.63) is 77.3 Å². The number of fused-ring (bicyclic) bond motifs is 1. The highest BCUT2D eigenvalue weighted by molar-refractivity contribution is 5.86. The van der Waals surface area contributed by atoms with Crippen LogP contribution < -0.4 is 15.8 Å². The molecule has 0 saturated heterocycles. The van der Waals surface area contributed by atoms with E-state index in [0.717, 1.165) is 46.7 Å². The minimum atomic E-state index is 0.0614. The van der Waals surface area contributed by atoms with E-state index in [1.54, 1.807) is 6.21 Å². The predicted molar refractivity (Wildman–Crippen MR) is 124 cm³/mol. The third-order valence-corrected chi connectivity index (χ3v) is 4.83. The number of nitrogens with one attached hydrogen (secondary N) is 1. The van der Waals surface area contributed by atoms with E-state index in [9.17, 15) is 5.11 Å². The van der Waals surface area contributed by atoms with Crippen molar-refractivity contribution >= 4 is 23.4 Å². The van der Waals surface area contributed by atoms with Crippen LogP contribution in [0, 0.1) is 0 Å². The molecule has 6 heteroatoms. The SMILES string of the molecule is C=C(O)c1cccc(CNc2ncc(/C(C)=C/C=N\C(N)=C\CC)c3c2CCO3)c1. The van der Waals surface area contributed by atoms with Gasteiger partial charge in [0.2, 0.25) is 0 Å². The van der Waals surface area contributed by atoms with Crippen LogP contribution in [0.3, 0.4) is 0 Å². The number of aliphatic imine (C=N–C) groups is 1. The van der Waals surface area contributed by atoms with Gasteiger partial charge in [0, 0.05) is 42.1 Å². The first-order valence-corrected chi connectivity index (χ1v) is 10.0. The maximum Gasteiger partial charge on any atom is 0.135 e. The number of benzene rings is 1. The van der Waals surface area contributed by atoms with Crippen LogP contribution in [-0.4, -0.2) is 22.9 Å². The lowest BCUT2D eigenvalue weighted by Gasteiger charge is -2.13. The summed E-state index contributed by atoms with van der Waals surface area (Å²) in [6.07, 6.45) is 8.96. The standard InChI is InChI=1S/C24H28N4O2/c1-4-6-22(25)26-11-9-16(2)21-15-28-24(20-10-12-30-23(20)21)27-14-18-7-5-8-19(13-18)17(3)29/h5-9,11,13,15,29H,3-4,10,12,14,25H2,1-2H3,(H,27,28)/b16-9+,22-6+,26-11-. The van der Waals surface area contributed by atoms with E-state index in [1.807, 2.05) is 56.5 Å². The van der Waals surface area contributed by atoms with E-state index in [-0.39, 0.29) is 5.76 Å². The molecule has 0 saturated carbocycles. The summed E-state index contributed by atoms with van der Waals surface area (Å²) in [5, 5.41) is 13.0. The smallest absolute Gasteiger partial charge is 0.135 e. The number of pyridine rings is 1. The van der Waals surface area contributed by atoms with Gasteiger partial charge >= 0.3 is 0 Å². The highest BCUT2D eigenvalue weighted by Crippen LogP contribution is 2.37. The van der Waals surface area contributed by atoms with Gasteiger partial charge in [-0.05, 0) is 42.7 Å². The third-order valence-electron chi connectivity index (χ3n) is 4.83. The summed E-state index contributed by atoms with van der Waals surface area (Å²) in [5.74, 6) is 2.25. The summed E-state index contributed by atoms with van der Waals surface area (Å²) >= 11 is 0. The van der Waals surface area contributed by atoms with Crippen molar-refractivity contribution in [2.75, 3.05) is 11.9 Å². The number of allylic oxidation sites excluding steroid dienone is 3. The van der Waals surface area contributed by atoms with Crippen molar-refractivity contribution in [1.82, 2.24) is 4.98 Å². The predicted octanol–water partition coefficient (Wildman–Crippen LogP) is 4.84. The van der Waals surface area contributed by atoms with Crippen LogP contribution in [0.1, 0.15) is 42.5 Å². The van der Waals surface area contributed by atoms with Crippen LogP contribution >= 0.6 is 0 Å². The number of nitrogens with zero attached hydrogens (tertiary/aromatic N) is 2. The third kappa shape index (κ3) is 5.08. The molecule has 0 radical (unpaired) electrons. The maximum absolute atomic E-state index is 9.59. The number of hydrogen-bond acceptors (Lipinski definition) is 6. The topological polar surface area (TPSA) is 92.8 Å². The highest BCUT2D eigenvalue weighted by atomic mass is 16.5. The first-order valence-electron chi connectivity index (χ1n) is 10.0. The normalized spacial score (nSPS) is 13.9. The van der Waals surface area contributed by atoms with Gasteiger partial charge in [-0.1, -0.05) is 31.7 Å². The van der Waals surface area contributed by atoms with Crippen molar-refractivity contribution in [2.45, 2.75) is 33.2 Å². The van der Waals surface area contributed by atoms with Gasteiger partial charge in [0.05, 0.1) is 6.61 Å². The second-order valence-electron chi connectivity index (χ2n) is 7.09. The molecule has 6 nitrogen and oxygen atoms in total. The summed E-state index contributed by atoms with van der Waals surface area (Å²) in [6.45, 7) is 8.83. The van der Waals surface area contributed by atoms with Crippen molar-refractivity contribution in [3.8, 4) is 5.75 Å². The second kappa shape index (κ2) is 9.78. The Morgan fingerprint density at radius 2 is 2.27 bits per heavy atom. The zero-order valence-corrected chi connectivity index (χ0v) is 17.5. The molecule has 1 aliphatic heterocycles. The van der Waals surface area contributed by atoms with Crippen LogP contribution in [0.15, 0.2) is 60.0 Å². The maximum atomic E-state index is 9.59. The summed E-state index contributed by atoms with van der Waals surface area (Å²) in [7, 11) is 0. The van der Waals surface area contributed by atoms with E-state index in [0.29, 0.717) is 24.5 Å². The van der Waals surface area contributed by atoms with Crippen molar-refractivity contribution in [2.24, 2.45) is 10.7 Å². The lowest BCUT2D eigenvalue weighted by Crippen LogP contribution is -2.05. The molecule has 0 atom stereocenters. The van der Waals surface area contributed by atoms with Crippen molar-refractivity contribution in [3.63, 3.8) is 0 Å². The molecule has 0 aliphatic carbocycles. The van der Waals surface area contributed by atoms with Crippen molar-refractivity contribution < 1.29 is 9.84 Å². The quantitative estimate of drug-likeness (QED) is 0.432. The monoisotopic (exact) mass is 404 g/mol. The molecule has 2 heterocycles. The van der Waals surface area contributed by atoms with Gasteiger partial charge in [0.1, 0.15) is 23.1 Å². The van der Waals surface area contributed by atoms with E-state index in [4.69, 9.17) is 10.5 Å². The molecule has 30 heavy (non-hydrogen) atoms. The summed E-state index contributed by atoms with van der Waals surface area (Å²) in [5.41, 5.74) is 10.6. The summed E-state index contributed by atoms with van der Waals surface area (Å²) < 4.78 is 5.91. The fraction of sp³-hybridized carbons (Fsp3) is 0.250. The fourth-order valence-corrected chi connectivity index (χ4v) is 3.25. The molecule has 156 valence electrons. The molecule has 0 fully saturated rings. The Morgan fingerprint density at radius 1 is 1.43 bits per heavy atom. The summed E-state index contributed by atoms with van der Waals surface area (Å²) in [6, 6.07) is 7.63. The number of rotatable bonds is 8. The number of anilines is 1. The minimum Gasteiger partial charge on any atom is -0.508 e. The zero-order chi connectivity index (χ0) is 21.5. The van der Waals surface area contributed by atoms with Gasteiger partial charge < -0.3 is 20.9 Å². The molecule has 4 N–H and O–H groups in total. The number of aliphatic hydroxyl groups is 1. The van der Waals surface area contributed by atoms with Crippen molar-refractivity contribution in [1.29, 1.82) is 0 Å². The van der Waals surface area contributed by atoms with Crippen LogP contribution in [0.2, 0.25) is 0 Å². The largest absolute Gasteiger partial charge is 0.508 e. The van der Waals surface area contributed by atoms with Gasteiger partial charge in [-0.15, -0.1) is 0 Å². The van der Waals surface area contributed by atoms with Gasteiger partial charge in [0.25, 0.3) is 0 Å². The Hall–Kier alpha value is -3.54. The van der Waals surface area contributed by atoms with Gasteiger partial charge in [-0.3, -0.25) is 0 Å². The molecular weight excluding hydrogens is 376 g/mol. The molecular formula is C24H28N4O2. The Morgan fingerprint density at radius 3 is 3.03 bits per heavy atom. The molecule has 0 spiro atoms. The first-order chi connectivity index (χ1) is 14.5. The van der Waals surface area contributed by atoms with Gasteiger partial charge in [-0.25, -0.2) is 9.98 Å². The first kappa shape index (κ1) is 21.2. The van der Waals surface area contributed by atoms with E-state index in [1.165, 1.54) is 0 Å². The van der Waals surface area contributed by atoms with Gasteiger partial charge in [0.15, 0.2) is 0 Å². The number of ether oxygens (including phenoxy) is 1. The van der Waals surface area contributed by atoms with E-state index in [2.05, 4.69) is 21.9 Å². The fourth-order valence-electron chi connectivity index (χ4n) is 3.25. The Bertz CT molecular complexity index is 1020. The second-order valence-corrected chi connectivity index (χ2v) is 7.09. The van der Waals surface area contributed by atoms with Crippen LogP contribution in [-0.2, 0) is 13.0 Å². The molecule has 1 aromatic heterocycles. The summed E-state index contributed by atoms with van der Waals surface area (Å²) in [4.78, 5) is 8.85. The number of nitrogens with two attached hydrogens (primary N) is 1. The average molecular weight is 405 g/mol. The molecule has 3 rings (SSSR count). The zero-order valence-electron chi connectivity index (χ0n) is 17.5. The molecule has 0 unspecified atom stereocenters. The highest BCUT2D eigenvalue weighted by Gasteiger charge is 2.22. The minimum absolute atomic E-state index is 0.0614. The lowest BCUT2D eigenvalue weighted by atomic mass is 10.0. The molecule has 0 amide bonds. The Labute approximate surface area is 177 Å². The van der Waals surface area contributed by atoms with Gasteiger partial charge in [-0.2, -0.15) is 0 Å². The molecule has 1 aliphatic rings. The lowest BCUT2D eigenvalue weighted by molar-refractivity contribution is 0.356.